The highest BCUT2D eigenvalue weighted by Crippen LogP contribution is 2.30. The minimum Gasteiger partial charge on any atom is -0.496 e. The fourth-order valence-electron chi connectivity index (χ4n) is 6.36. The molecule has 22 heteroatoms. The number of nitrogens with two attached hydrogens (primary N) is 3. The van der Waals surface area contributed by atoms with Gasteiger partial charge in [-0.25, -0.2) is 27.7 Å². The monoisotopic (exact) mass is 913 g/mol. The molecular weight excluding hydrogens is 851 g/mol. The van der Waals surface area contributed by atoms with E-state index >= 15 is 0 Å². The van der Waals surface area contributed by atoms with Gasteiger partial charge in [-0.1, -0.05) is 30.3 Å². The third-order valence-corrected chi connectivity index (χ3v) is 11.1. The Morgan fingerprint density at radius 1 is 0.859 bits per heavy atom. The van der Waals surface area contributed by atoms with Crippen LogP contribution in [0.5, 0.6) is 5.75 Å². The van der Waals surface area contributed by atoms with E-state index in [0.29, 0.717) is 41.2 Å². The van der Waals surface area contributed by atoms with E-state index in [1.165, 1.54) is 20.5 Å². The number of hydrogen-bond donors (Lipinski definition) is 7. The van der Waals surface area contributed by atoms with Gasteiger partial charge in [-0.15, -0.1) is 0 Å². The number of sulfonamides is 1. The van der Waals surface area contributed by atoms with E-state index in [-0.39, 0.29) is 56.4 Å². The Morgan fingerprint density at radius 3 is 2.11 bits per heavy atom. The van der Waals surface area contributed by atoms with E-state index in [4.69, 9.17) is 36.1 Å². The molecule has 1 heterocycles. The maximum Gasteiger partial charge on any atom is 0.408 e. The first-order chi connectivity index (χ1) is 30.1. The number of aromatic nitrogens is 2. The Hall–Kier alpha value is -6.42. The molecule has 0 aliphatic rings. The molecule has 3 amide bonds. The topological polar surface area (TPSA) is 308 Å². The quantitative estimate of drug-likeness (QED) is 0.0308. The van der Waals surface area contributed by atoms with Gasteiger partial charge in [0.15, 0.2) is 5.96 Å². The molecule has 0 saturated heterocycles. The molecule has 2 aromatic carbocycles. The van der Waals surface area contributed by atoms with Crippen molar-refractivity contribution in [1.29, 1.82) is 0 Å². The van der Waals surface area contributed by atoms with Gasteiger partial charge in [-0.05, 0) is 95.5 Å². The molecule has 1 aromatic heterocycles. The number of aliphatic imine (C=N–C) groups is 2. The van der Waals surface area contributed by atoms with Gasteiger partial charge in [0, 0.05) is 25.7 Å². The number of carbonyl (C=O) groups excluding carboxylic acids is 4. The van der Waals surface area contributed by atoms with E-state index < -0.39 is 63.6 Å². The number of hydrogen-bond acceptors (Lipinski definition) is 13. The average Bonchev–Trinajstić information content (AvgIpc) is 3.66. The minimum atomic E-state index is -4.15. The van der Waals surface area contributed by atoms with E-state index in [2.05, 4.69) is 35.6 Å². The molecule has 0 spiro atoms. The smallest absolute Gasteiger partial charge is 0.408 e. The lowest BCUT2D eigenvalue weighted by atomic mass is 10.1. The van der Waals surface area contributed by atoms with Crippen LogP contribution in [0.25, 0.3) is 0 Å². The zero-order valence-corrected chi connectivity index (χ0v) is 38.5. The van der Waals surface area contributed by atoms with Gasteiger partial charge < -0.3 is 56.7 Å². The van der Waals surface area contributed by atoms with Crippen LogP contribution in [0.4, 0.5) is 4.79 Å². The zero-order valence-electron chi connectivity index (χ0n) is 37.7. The van der Waals surface area contributed by atoms with Crippen LogP contribution >= 0.6 is 0 Å². The maximum absolute atomic E-state index is 14.1. The van der Waals surface area contributed by atoms with Crippen LogP contribution in [-0.2, 0) is 58.4 Å². The van der Waals surface area contributed by atoms with Crippen LogP contribution in [0, 0.1) is 20.8 Å². The number of benzene rings is 2. The molecule has 64 heavy (non-hydrogen) atoms. The third kappa shape index (κ3) is 17.0. The van der Waals surface area contributed by atoms with Gasteiger partial charge in [-0.3, -0.25) is 19.6 Å². The molecule has 0 aliphatic carbocycles. The van der Waals surface area contributed by atoms with Crippen molar-refractivity contribution in [2.75, 3.05) is 27.3 Å². The van der Waals surface area contributed by atoms with E-state index in [0.717, 1.165) is 5.56 Å². The number of aryl methyl sites for hydroxylation is 1. The molecule has 3 atom stereocenters. The fraction of sp³-hybridized carbons (Fsp3) is 0.500. The number of amides is 3. The van der Waals surface area contributed by atoms with Crippen LogP contribution in [0.3, 0.4) is 0 Å². The number of imidazole rings is 1. The van der Waals surface area contributed by atoms with Gasteiger partial charge in [0.1, 0.15) is 36.2 Å². The summed E-state index contributed by atoms with van der Waals surface area (Å²) in [5, 5.41) is 7.92. The molecular formula is C42H63N11O10S. The van der Waals surface area contributed by atoms with Crippen molar-refractivity contribution in [3.05, 3.63) is 76.9 Å². The number of rotatable bonds is 23. The second-order valence-electron chi connectivity index (χ2n) is 15.8. The summed E-state index contributed by atoms with van der Waals surface area (Å²) in [7, 11) is -1.48. The van der Waals surface area contributed by atoms with Gasteiger partial charge in [0.25, 0.3) is 10.0 Å². The molecule has 0 radical (unpaired) electrons. The van der Waals surface area contributed by atoms with Crippen molar-refractivity contribution in [2.45, 2.75) is 116 Å². The van der Waals surface area contributed by atoms with Gasteiger partial charge in [-0.2, -0.15) is 0 Å². The first-order valence-corrected chi connectivity index (χ1v) is 22.0. The Kier molecular flexibility index (Phi) is 19.8. The molecule has 0 aliphatic heterocycles. The number of esters is 1. The molecule has 352 valence electrons. The van der Waals surface area contributed by atoms with Crippen molar-refractivity contribution < 1.29 is 46.5 Å². The van der Waals surface area contributed by atoms with Gasteiger partial charge in [0.2, 0.25) is 17.8 Å². The summed E-state index contributed by atoms with van der Waals surface area (Å²) in [6.07, 6.45) is 2.57. The number of carbonyl (C=O) groups is 4. The van der Waals surface area contributed by atoms with Crippen molar-refractivity contribution >= 4 is 45.8 Å². The maximum atomic E-state index is 14.1. The SMILES string of the molecule is COC(=O)[C@H](CCCN=C(N)N)NC(=O)[C@H](Cc1cn(COCc2ccccc2)cn1)NC(=O)[C@H](CCCN=C(N)NS(=O)(=O)c1c(C)cc(OC)c(C)c1C)NC(=O)OC(C)(C)C. The summed E-state index contributed by atoms with van der Waals surface area (Å²) in [5.41, 5.74) is 18.9. The summed E-state index contributed by atoms with van der Waals surface area (Å²) < 4.78 is 52.3. The first-order valence-electron chi connectivity index (χ1n) is 20.5. The second kappa shape index (κ2) is 24.4. The lowest BCUT2D eigenvalue weighted by Crippen LogP contribution is -2.56. The second-order valence-corrected chi connectivity index (χ2v) is 17.4. The number of nitrogens with one attached hydrogen (secondary N) is 4. The Bertz CT molecular complexity index is 2220. The summed E-state index contributed by atoms with van der Waals surface area (Å²) in [4.78, 5) is 66.4. The number of alkyl carbamates (subject to hydrolysis) is 1. The predicted molar refractivity (Wildman–Crippen MR) is 239 cm³/mol. The lowest BCUT2D eigenvalue weighted by Gasteiger charge is -2.26. The molecule has 0 saturated carbocycles. The van der Waals surface area contributed by atoms with Crippen molar-refractivity contribution in [1.82, 2.24) is 30.2 Å². The average molecular weight is 914 g/mol. The molecule has 0 bridgehead atoms. The predicted octanol–water partition coefficient (Wildman–Crippen LogP) is 1.70. The van der Waals surface area contributed by atoms with E-state index in [1.807, 2.05) is 30.3 Å². The first kappa shape index (κ1) is 51.9. The van der Waals surface area contributed by atoms with Crippen molar-refractivity contribution in [3.8, 4) is 5.75 Å². The molecule has 10 N–H and O–H groups in total. The third-order valence-electron chi connectivity index (χ3n) is 9.48. The van der Waals surface area contributed by atoms with Gasteiger partial charge >= 0.3 is 12.1 Å². The van der Waals surface area contributed by atoms with Crippen molar-refractivity contribution in [3.63, 3.8) is 0 Å². The summed E-state index contributed by atoms with van der Waals surface area (Å²) >= 11 is 0. The largest absolute Gasteiger partial charge is 0.496 e. The van der Waals surface area contributed by atoms with Crippen LogP contribution < -0.4 is 42.6 Å². The Morgan fingerprint density at radius 2 is 1.48 bits per heavy atom. The Labute approximate surface area is 374 Å². The highest BCUT2D eigenvalue weighted by molar-refractivity contribution is 7.90. The molecule has 3 aromatic rings. The molecule has 0 fully saturated rings. The molecule has 0 unspecified atom stereocenters. The molecule has 3 rings (SSSR count). The lowest BCUT2D eigenvalue weighted by molar-refractivity contribution is -0.145. The zero-order chi connectivity index (χ0) is 47.6. The highest BCUT2D eigenvalue weighted by Gasteiger charge is 2.32. The summed E-state index contributed by atoms with van der Waals surface area (Å²) in [5.74, 6) is -2.26. The van der Waals surface area contributed by atoms with E-state index in [9.17, 15) is 27.6 Å². The van der Waals surface area contributed by atoms with Crippen LogP contribution in [-0.4, -0.2) is 105 Å². The molecule has 21 nitrogen and oxygen atoms in total. The minimum absolute atomic E-state index is 0.0350. The standard InChI is InChI=1S/C42H63N11O10S/c1-26-20-34(60-7)27(2)28(3)35(26)64(58,59)52-40(45)47-19-12-16-31(51-41(57)63-42(4,5)6)36(54)50-33(37(55)49-32(38(56)61-8)17-13-18-46-39(43)44)21-30-22-53(24-48-30)25-62-23-29-14-10-9-11-15-29/h9-11,14-15,20,22,24,31-33H,12-13,16-19,21,23,25H2,1-8H3,(H,49,55)(H,50,54)(H,51,57)(H4,43,44,46)(H3,45,47,52)/t31-,32-,33-/m0/s1. The number of ether oxygens (including phenoxy) is 4. The normalized spacial score (nSPS) is 13.2. The number of nitrogens with zero attached hydrogens (tertiary/aromatic N) is 4. The number of methoxy groups -OCH3 is 2. The van der Waals surface area contributed by atoms with Crippen LogP contribution in [0.1, 0.15) is 74.4 Å². The highest BCUT2D eigenvalue weighted by atomic mass is 32.2. The van der Waals surface area contributed by atoms with Crippen LogP contribution in [0.15, 0.2) is 63.8 Å². The summed E-state index contributed by atoms with van der Waals surface area (Å²) in [6.45, 7) is 10.6. The van der Waals surface area contributed by atoms with Crippen LogP contribution in [0.2, 0.25) is 0 Å². The van der Waals surface area contributed by atoms with Gasteiger partial charge in [0.05, 0.1) is 37.7 Å². The fourth-order valence-corrected chi connectivity index (χ4v) is 7.85. The number of guanidine groups is 2. The Balaban J connectivity index is 1.84. The van der Waals surface area contributed by atoms with E-state index in [1.54, 1.807) is 58.4 Å². The summed E-state index contributed by atoms with van der Waals surface area (Å²) in [6, 6.07) is 7.44. The van der Waals surface area contributed by atoms with Crippen molar-refractivity contribution in [2.24, 2.45) is 27.2 Å².